The first-order valence-corrected chi connectivity index (χ1v) is 4.43. The molecule has 0 saturated carbocycles. The van der Waals surface area contributed by atoms with Crippen molar-refractivity contribution in [3.8, 4) is 6.07 Å². The van der Waals surface area contributed by atoms with Gasteiger partial charge < -0.3 is 5.73 Å². The van der Waals surface area contributed by atoms with Crippen LogP contribution in [-0.2, 0) is 6.42 Å². The van der Waals surface area contributed by atoms with E-state index >= 15 is 0 Å². The molecular weight excluding hydrogens is 239 g/mol. The fraction of sp³-hybridized carbons (Fsp3) is 0.125. The molecule has 0 aliphatic carbocycles. The number of hydrogen-bond acceptors (Lipinski definition) is 2. The van der Waals surface area contributed by atoms with Crippen molar-refractivity contribution >= 4 is 33.2 Å². The van der Waals surface area contributed by atoms with Gasteiger partial charge in [-0.3, -0.25) is 0 Å². The molecule has 0 fully saturated rings. The second kappa shape index (κ2) is 3.79. The minimum Gasteiger partial charge on any atom is -0.397 e. The van der Waals surface area contributed by atoms with E-state index in [1.54, 1.807) is 12.1 Å². The Morgan fingerprint density at radius 3 is 2.83 bits per heavy atom. The van der Waals surface area contributed by atoms with E-state index < -0.39 is 0 Å². The third-order valence-electron chi connectivity index (χ3n) is 1.48. The van der Waals surface area contributed by atoms with Gasteiger partial charge in [0.15, 0.2) is 0 Å². The summed E-state index contributed by atoms with van der Waals surface area (Å²) in [5.41, 5.74) is 6.98. The molecule has 0 unspecified atom stereocenters. The molecule has 0 radical (unpaired) electrons. The topological polar surface area (TPSA) is 49.8 Å². The van der Waals surface area contributed by atoms with E-state index in [-0.39, 0.29) is 0 Å². The Labute approximate surface area is 84.1 Å². The van der Waals surface area contributed by atoms with Gasteiger partial charge >= 0.3 is 0 Å². The Balaban J connectivity index is 3.19. The van der Waals surface area contributed by atoms with Crippen molar-refractivity contribution in [2.45, 2.75) is 6.42 Å². The maximum Gasteiger partial charge on any atom is 0.0670 e. The van der Waals surface area contributed by atoms with Gasteiger partial charge in [0.25, 0.3) is 0 Å². The van der Waals surface area contributed by atoms with E-state index in [4.69, 9.17) is 22.6 Å². The summed E-state index contributed by atoms with van der Waals surface area (Å²) in [6, 6.07) is 5.52. The molecular formula is C8H6BrClN2. The highest BCUT2D eigenvalue weighted by molar-refractivity contribution is 9.10. The Morgan fingerprint density at radius 1 is 1.58 bits per heavy atom. The minimum absolute atomic E-state index is 0.335. The molecule has 4 heteroatoms. The first-order chi connectivity index (χ1) is 5.66. The molecule has 0 aromatic heterocycles. The number of nitrogens with two attached hydrogens (primary N) is 1. The van der Waals surface area contributed by atoms with E-state index in [1.807, 2.05) is 6.07 Å². The van der Waals surface area contributed by atoms with E-state index in [0.29, 0.717) is 17.1 Å². The van der Waals surface area contributed by atoms with Crippen LogP contribution in [0.25, 0.3) is 0 Å². The third kappa shape index (κ3) is 1.71. The molecule has 0 aliphatic heterocycles. The molecule has 0 heterocycles. The zero-order chi connectivity index (χ0) is 9.14. The molecule has 0 atom stereocenters. The average molecular weight is 246 g/mol. The Morgan fingerprint density at radius 2 is 2.25 bits per heavy atom. The van der Waals surface area contributed by atoms with Crippen LogP contribution < -0.4 is 5.73 Å². The largest absolute Gasteiger partial charge is 0.397 e. The molecule has 12 heavy (non-hydrogen) atoms. The van der Waals surface area contributed by atoms with Crippen molar-refractivity contribution in [3.63, 3.8) is 0 Å². The van der Waals surface area contributed by atoms with Crippen LogP contribution >= 0.6 is 27.5 Å². The smallest absolute Gasteiger partial charge is 0.0670 e. The lowest BCUT2D eigenvalue weighted by molar-refractivity contribution is 1.25. The van der Waals surface area contributed by atoms with Gasteiger partial charge in [-0.25, -0.2) is 0 Å². The summed E-state index contributed by atoms with van der Waals surface area (Å²) in [7, 11) is 0. The van der Waals surface area contributed by atoms with Crippen LogP contribution in [-0.4, -0.2) is 0 Å². The Hall–Kier alpha value is -0.720. The fourth-order valence-corrected chi connectivity index (χ4v) is 1.59. The minimum atomic E-state index is 0.335. The van der Waals surface area contributed by atoms with Gasteiger partial charge in [0.1, 0.15) is 0 Å². The van der Waals surface area contributed by atoms with Crippen LogP contribution in [0.1, 0.15) is 5.56 Å². The first-order valence-electron chi connectivity index (χ1n) is 3.26. The van der Waals surface area contributed by atoms with Gasteiger partial charge in [0.05, 0.1) is 23.2 Å². The van der Waals surface area contributed by atoms with Gasteiger partial charge in [0.2, 0.25) is 0 Å². The van der Waals surface area contributed by atoms with Crippen molar-refractivity contribution < 1.29 is 0 Å². The molecule has 0 saturated heterocycles. The van der Waals surface area contributed by atoms with Crippen molar-refractivity contribution in [2.75, 3.05) is 5.73 Å². The summed E-state index contributed by atoms with van der Waals surface area (Å²) in [6.07, 6.45) is 0.335. The molecule has 1 aromatic rings. The highest BCUT2D eigenvalue weighted by Gasteiger charge is 2.05. The fourth-order valence-electron chi connectivity index (χ4n) is 0.836. The summed E-state index contributed by atoms with van der Waals surface area (Å²) in [5.74, 6) is 0. The van der Waals surface area contributed by atoms with Crippen molar-refractivity contribution in [3.05, 3.63) is 27.2 Å². The molecule has 0 aliphatic rings. The molecule has 0 amide bonds. The van der Waals surface area contributed by atoms with Gasteiger partial charge in [-0.1, -0.05) is 17.7 Å². The lowest BCUT2D eigenvalue weighted by Crippen LogP contribution is -1.92. The van der Waals surface area contributed by atoms with Crippen LogP contribution in [0.4, 0.5) is 5.69 Å². The molecule has 62 valence electrons. The van der Waals surface area contributed by atoms with Gasteiger partial charge in [0, 0.05) is 4.47 Å². The van der Waals surface area contributed by atoms with E-state index in [2.05, 4.69) is 15.9 Å². The monoisotopic (exact) mass is 244 g/mol. The van der Waals surface area contributed by atoms with Crippen LogP contribution in [0.15, 0.2) is 16.6 Å². The summed E-state index contributed by atoms with van der Waals surface area (Å²) in [6.45, 7) is 0. The van der Waals surface area contributed by atoms with Crippen molar-refractivity contribution in [1.82, 2.24) is 0 Å². The van der Waals surface area contributed by atoms with Crippen molar-refractivity contribution in [1.29, 1.82) is 5.26 Å². The second-order valence-electron chi connectivity index (χ2n) is 2.27. The van der Waals surface area contributed by atoms with Gasteiger partial charge in [-0.05, 0) is 27.6 Å². The SMILES string of the molecule is N#CCc1ccc(Cl)c(N)c1Br. The number of anilines is 1. The predicted octanol–water partition coefficient (Wildman–Crippen LogP) is 2.75. The van der Waals surface area contributed by atoms with E-state index in [0.717, 1.165) is 10.0 Å². The number of rotatable bonds is 1. The molecule has 1 aromatic carbocycles. The quantitative estimate of drug-likeness (QED) is 0.774. The maximum absolute atomic E-state index is 8.46. The number of hydrogen-bond donors (Lipinski definition) is 1. The molecule has 1 rings (SSSR count). The molecule has 0 spiro atoms. The number of nitrogen functional groups attached to an aromatic ring is 1. The van der Waals surface area contributed by atoms with E-state index in [9.17, 15) is 0 Å². The maximum atomic E-state index is 8.46. The number of nitrogens with zero attached hydrogens (tertiary/aromatic N) is 1. The van der Waals surface area contributed by atoms with Crippen LogP contribution in [0.3, 0.4) is 0 Å². The Bertz CT molecular complexity index is 344. The second-order valence-corrected chi connectivity index (χ2v) is 3.47. The average Bonchev–Trinajstić information content (AvgIpc) is 2.07. The highest BCUT2D eigenvalue weighted by atomic mass is 79.9. The molecule has 0 bridgehead atoms. The lowest BCUT2D eigenvalue weighted by atomic mass is 10.1. The third-order valence-corrected chi connectivity index (χ3v) is 2.74. The van der Waals surface area contributed by atoms with Crippen LogP contribution in [0.2, 0.25) is 5.02 Å². The van der Waals surface area contributed by atoms with Crippen LogP contribution in [0.5, 0.6) is 0 Å². The summed E-state index contributed by atoms with van der Waals surface area (Å²) >= 11 is 9.02. The van der Waals surface area contributed by atoms with Gasteiger partial charge in [-0.15, -0.1) is 0 Å². The lowest BCUT2D eigenvalue weighted by Gasteiger charge is -2.04. The van der Waals surface area contributed by atoms with Gasteiger partial charge in [-0.2, -0.15) is 5.26 Å². The number of nitriles is 1. The Kier molecular flexibility index (Phi) is 2.96. The normalized spacial score (nSPS) is 9.42. The summed E-state index contributed by atoms with van der Waals surface area (Å²) in [5, 5.41) is 8.96. The standard InChI is InChI=1S/C8H6BrClN2/c9-7-5(3-4-11)1-2-6(10)8(7)12/h1-2H,3,12H2. The molecule has 2 N–H and O–H groups in total. The first kappa shape index (κ1) is 9.37. The van der Waals surface area contributed by atoms with Crippen molar-refractivity contribution in [2.24, 2.45) is 0 Å². The summed E-state index contributed by atoms with van der Waals surface area (Å²) < 4.78 is 0.719. The zero-order valence-electron chi connectivity index (χ0n) is 6.14. The summed E-state index contributed by atoms with van der Waals surface area (Å²) in [4.78, 5) is 0. The predicted molar refractivity (Wildman–Crippen MR) is 52.9 cm³/mol. The van der Waals surface area contributed by atoms with E-state index in [1.165, 1.54) is 0 Å². The highest BCUT2D eigenvalue weighted by Crippen LogP contribution is 2.30. The zero-order valence-corrected chi connectivity index (χ0v) is 8.48. The number of halogens is 2. The molecule has 2 nitrogen and oxygen atoms in total. The number of benzene rings is 1. The van der Waals surface area contributed by atoms with Crippen LogP contribution in [0, 0.1) is 11.3 Å².